The highest BCUT2D eigenvalue weighted by molar-refractivity contribution is 7.39. The fourth-order valence-corrected chi connectivity index (χ4v) is 4.61. The van der Waals surface area contributed by atoms with Gasteiger partial charge in [0.25, 0.3) is 5.69 Å². The molecule has 1 aliphatic rings. The fraction of sp³-hybridized carbons (Fsp3) is 0.667. The van der Waals surface area contributed by atoms with E-state index < -0.39 is 13.0 Å². The average molecular weight is 413 g/mol. The molecule has 1 saturated heterocycles. The van der Waals surface area contributed by atoms with E-state index in [9.17, 15) is 14.7 Å². The van der Waals surface area contributed by atoms with Crippen molar-refractivity contribution >= 4 is 13.7 Å². The van der Waals surface area contributed by atoms with Gasteiger partial charge < -0.3 is 20.5 Å². The molecule has 0 amide bonds. The lowest BCUT2D eigenvalue weighted by atomic mass is 10.1. The molecule has 1 heterocycles. The van der Waals surface area contributed by atoms with Gasteiger partial charge in [0.15, 0.2) is 0 Å². The van der Waals surface area contributed by atoms with Gasteiger partial charge in [0.2, 0.25) is 8.03 Å². The highest BCUT2D eigenvalue weighted by Gasteiger charge is 2.25. The molecule has 3 N–H and O–H groups in total. The second-order valence-electron chi connectivity index (χ2n) is 6.68. The lowest BCUT2D eigenvalue weighted by Gasteiger charge is -2.31. The largest absolute Gasteiger partial charge is 0.330 e. The number of non-ortho nitro benzene ring substituents is 1. The first kappa shape index (κ1) is 22.9. The molecule has 28 heavy (non-hydrogen) atoms. The van der Waals surface area contributed by atoms with Crippen LogP contribution in [0.2, 0.25) is 0 Å². The third-order valence-electron chi connectivity index (χ3n) is 4.68. The topological polar surface area (TPSA) is 109 Å². The maximum Gasteiger partial charge on any atom is 0.269 e. The van der Waals surface area contributed by atoms with Crippen LogP contribution >= 0.6 is 8.03 Å². The number of nitro groups is 1. The molecule has 1 fully saturated rings. The predicted octanol–water partition coefficient (Wildman–Crippen LogP) is 1.06. The summed E-state index contributed by atoms with van der Waals surface area (Å²) in [6.07, 6.45) is 0.539. The van der Waals surface area contributed by atoms with Crippen LogP contribution in [0.5, 0.6) is 0 Å². The molecule has 0 spiro atoms. The molecule has 1 aromatic rings. The summed E-state index contributed by atoms with van der Waals surface area (Å²) in [4.78, 5) is 12.7. The molecule has 0 radical (unpaired) electrons. The molecule has 1 aromatic carbocycles. The maximum atomic E-state index is 12.9. The van der Waals surface area contributed by atoms with E-state index in [2.05, 4.69) is 20.9 Å². The van der Waals surface area contributed by atoms with Crippen LogP contribution in [0.4, 0.5) is 5.69 Å². The van der Waals surface area contributed by atoms with Crippen molar-refractivity contribution in [3.8, 4) is 0 Å². The molecule has 2 unspecified atom stereocenters. The van der Waals surface area contributed by atoms with E-state index in [1.54, 1.807) is 12.1 Å². The third kappa shape index (κ3) is 7.95. The number of nitrogens with zero attached hydrogens (tertiary/aromatic N) is 2. The Balaban J connectivity index is 2.11. The smallest absolute Gasteiger partial charge is 0.269 e. The lowest BCUT2D eigenvalue weighted by Crippen LogP contribution is -2.45. The van der Waals surface area contributed by atoms with Gasteiger partial charge in [-0.2, -0.15) is 0 Å². The minimum absolute atomic E-state index is 0.0612. The summed E-state index contributed by atoms with van der Waals surface area (Å²) < 4.78 is 18.4. The Bertz CT molecular complexity index is 604. The number of nitrogens with one attached hydrogen (secondary N) is 3. The van der Waals surface area contributed by atoms with Gasteiger partial charge in [-0.05, 0) is 18.9 Å². The minimum Gasteiger partial charge on any atom is -0.330 e. The Morgan fingerprint density at radius 1 is 1.07 bits per heavy atom. The molecule has 0 aromatic heterocycles. The van der Waals surface area contributed by atoms with Crippen LogP contribution in [-0.2, 0) is 15.5 Å². The second-order valence-corrected chi connectivity index (χ2v) is 8.27. The van der Waals surface area contributed by atoms with Crippen molar-refractivity contribution in [1.82, 2.24) is 20.9 Å². The molecular weight excluding hydrogens is 381 g/mol. The molecule has 1 aliphatic heterocycles. The first-order valence-electron chi connectivity index (χ1n) is 9.88. The van der Waals surface area contributed by atoms with E-state index in [1.807, 2.05) is 6.92 Å². The number of hydrogen-bond acceptors (Lipinski definition) is 8. The van der Waals surface area contributed by atoms with Crippen LogP contribution in [0.1, 0.15) is 12.5 Å². The summed E-state index contributed by atoms with van der Waals surface area (Å²) in [5.74, 6) is -0.240. The zero-order valence-corrected chi connectivity index (χ0v) is 17.5. The van der Waals surface area contributed by atoms with Crippen molar-refractivity contribution in [2.45, 2.75) is 19.1 Å². The van der Waals surface area contributed by atoms with Gasteiger partial charge in [-0.15, -0.1) is 0 Å². The fourth-order valence-electron chi connectivity index (χ4n) is 3.17. The van der Waals surface area contributed by atoms with E-state index in [4.69, 9.17) is 4.52 Å². The summed E-state index contributed by atoms with van der Waals surface area (Å²) in [5, 5.41) is 21.1. The molecule has 10 heteroatoms. The minimum atomic E-state index is -2.29. The van der Waals surface area contributed by atoms with E-state index >= 15 is 0 Å². The van der Waals surface area contributed by atoms with Crippen LogP contribution in [0.3, 0.4) is 0 Å². The van der Waals surface area contributed by atoms with E-state index in [1.165, 1.54) is 12.1 Å². The Morgan fingerprint density at radius 3 is 2.11 bits per heavy atom. The van der Waals surface area contributed by atoms with E-state index in [0.29, 0.717) is 13.0 Å². The Labute approximate surface area is 167 Å². The summed E-state index contributed by atoms with van der Waals surface area (Å²) in [7, 11) is -2.29. The summed E-state index contributed by atoms with van der Waals surface area (Å²) >= 11 is 0. The maximum absolute atomic E-state index is 12.9. The van der Waals surface area contributed by atoms with Gasteiger partial charge >= 0.3 is 0 Å². The van der Waals surface area contributed by atoms with Crippen molar-refractivity contribution in [1.29, 1.82) is 0 Å². The zero-order valence-electron chi connectivity index (χ0n) is 16.5. The van der Waals surface area contributed by atoms with Gasteiger partial charge in [-0.3, -0.25) is 19.6 Å². The first-order chi connectivity index (χ1) is 13.6. The highest BCUT2D eigenvalue weighted by Crippen LogP contribution is 2.34. The number of rotatable bonds is 7. The van der Waals surface area contributed by atoms with Gasteiger partial charge in [0.05, 0.1) is 17.3 Å². The molecule has 2 rings (SSSR count). The normalized spacial score (nSPS) is 19.9. The molecular formula is C18H32N5O4P. The number of benzene rings is 1. The lowest BCUT2D eigenvalue weighted by molar-refractivity contribution is -0.384. The average Bonchev–Trinajstić information content (AvgIpc) is 2.67. The van der Waals surface area contributed by atoms with Crippen LogP contribution < -0.4 is 16.0 Å². The molecule has 9 nitrogen and oxygen atoms in total. The SMILES string of the molecule is CCO[PH](=O)C(Cc1ccc([N+](=O)[O-])cc1)N1CCNCCNCCNCC1. The van der Waals surface area contributed by atoms with E-state index in [-0.39, 0.29) is 11.5 Å². The van der Waals surface area contributed by atoms with Crippen molar-refractivity contribution < 1.29 is 14.0 Å². The third-order valence-corrected chi connectivity index (χ3v) is 6.37. The van der Waals surface area contributed by atoms with Gasteiger partial charge in [-0.25, -0.2) is 0 Å². The quantitative estimate of drug-likeness (QED) is 0.346. The standard InChI is InChI=1S/C18H32N5O4P/c1-2-27-28(26)18(15-16-3-5-17(6-4-16)23(24)25)22-13-11-20-9-7-19-8-10-21-12-14-22/h3-6,18-21,28H,2,7-15H2,1H3. The second kappa shape index (κ2) is 13.0. The number of hydrogen-bond donors (Lipinski definition) is 3. The molecule has 0 aliphatic carbocycles. The first-order valence-corrected chi connectivity index (χ1v) is 11.3. The Morgan fingerprint density at radius 2 is 1.61 bits per heavy atom. The van der Waals surface area contributed by atoms with Gasteiger partial charge in [0, 0.05) is 64.5 Å². The van der Waals surface area contributed by atoms with Crippen LogP contribution in [0, 0.1) is 10.1 Å². The van der Waals surface area contributed by atoms with Crippen molar-refractivity contribution in [2.24, 2.45) is 0 Å². The zero-order chi connectivity index (χ0) is 20.2. The molecule has 158 valence electrons. The van der Waals surface area contributed by atoms with Crippen molar-refractivity contribution in [2.75, 3.05) is 59.0 Å². The molecule has 2 atom stereocenters. The molecule has 0 saturated carbocycles. The monoisotopic (exact) mass is 413 g/mol. The predicted molar refractivity (Wildman–Crippen MR) is 111 cm³/mol. The van der Waals surface area contributed by atoms with Crippen LogP contribution in [0.25, 0.3) is 0 Å². The van der Waals surface area contributed by atoms with E-state index in [0.717, 1.165) is 57.9 Å². The summed E-state index contributed by atoms with van der Waals surface area (Å²) in [6, 6.07) is 6.48. The Hall–Kier alpha value is -1.35. The van der Waals surface area contributed by atoms with Gasteiger partial charge in [0.1, 0.15) is 0 Å². The number of nitro benzene ring substituents is 1. The van der Waals surface area contributed by atoms with Crippen molar-refractivity contribution in [3.63, 3.8) is 0 Å². The van der Waals surface area contributed by atoms with Gasteiger partial charge in [-0.1, -0.05) is 12.1 Å². The molecule has 0 bridgehead atoms. The summed E-state index contributed by atoms with van der Waals surface area (Å²) in [6.45, 7) is 9.02. The highest BCUT2D eigenvalue weighted by atomic mass is 31.1. The van der Waals surface area contributed by atoms with Crippen molar-refractivity contribution in [3.05, 3.63) is 39.9 Å². The van der Waals surface area contributed by atoms with Crippen LogP contribution in [-0.4, -0.2) is 74.6 Å². The summed E-state index contributed by atoms with van der Waals surface area (Å²) in [5.41, 5.74) is 0.982. The van der Waals surface area contributed by atoms with Crippen LogP contribution in [0.15, 0.2) is 24.3 Å². The Kier molecular flexibility index (Phi) is 10.6.